The molecule has 0 aliphatic carbocycles. The van der Waals surface area contributed by atoms with Gasteiger partial charge in [0, 0.05) is 13.1 Å². The van der Waals surface area contributed by atoms with E-state index < -0.39 is 0 Å². The van der Waals surface area contributed by atoms with Crippen molar-refractivity contribution in [2.75, 3.05) is 30.4 Å². The van der Waals surface area contributed by atoms with Gasteiger partial charge in [0.1, 0.15) is 5.75 Å². The molecule has 0 bridgehead atoms. The number of hydrogen-bond donors (Lipinski definition) is 1. The van der Waals surface area contributed by atoms with E-state index in [1.165, 1.54) is 11.3 Å². The van der Waals surface area contributed by atoms with E-state index in [-0.39, 0.29) is 11.8 Å². The molecule has 1 amide bonds. The van der Waals surface area contributed by atoms with Gasteiger partial charge in [0.2, 0.25) is 5.91 Å². The van der Waals surface area contributed by atoms with Crippen molar-refractivity contribution >= 4 is 59.3 Å². The normalized spacial score (nSPS) is 14.4. The highest BCUT2D eigenvalue weighted by molar-refractivity contribution is 7.22. The van der Waals surface area contributed by atoms with Crippen LogP contribution in [0.2, 0.25) is 0 Å². The second-order valence-corrected chi connectivity index (χ2v) is 8.90. The lowest BCUT2D eigenvalue weighted by molar-refractivity contribution is -0.120. The van der Waals surface area contributed by atoms with Crippen LogP contribution in [0.4, 0.5) is 10.3 Å². The largest absolute Gasteiger partial charge is 0.497 e. The maximum atomic E-state index is 12.6. The molecule has 1 fully saturated rings. The molecule has 1 aliphatic heterocycles. The second-order valence-electron chi connectivity index (χ2n) is 6.86. The number of ether oxygens (including phenoxy) is 1. The highest BCUT2D eigenvalue weighted by Crippen LogP contribution is 2.35. The van der Waals surface area contributed by atoms with E-state index in [1.54, 1.807) is 18.4 Å². The van der Waals surface area contributed by atoms with Crippen LogP contribution in [0.25, 0.3) is 20.4 Å². The van der Waals surface area contributed by atoms with Gasteiger partial charge in [-0.2, -0.15) is 0 Å². The summed E-state index contributed by atoms with van der Waals surface area (Å²) in [4.78, 5) is 24.0. The van der Waals surface area contributed by atoms with Crippen LogP contribution < -0.4 is 15.0 Å². The summed E-state index contributed by atoms with van der Waals surface area (Å²) >= 11 is 3.14. The number of nitrogens with zero attached hydrogens (tertiary/aromatic N) is 3. The first-order valence-electron chi connectivity index (χ1n) is 8.97. The lowest BCUT2D eigenvalue weighted by Gasteiger charge is -2.37. The number of hydrogen-bond acceptors (Lipinski definition) is 7. The fraction of sp³-hybridized carbons (Fsp3) is 0.250. The average molecular weight is 411 g/mol. The second kappa shape index (κ2) is 6.72. The molecular weight excluding hydrogens is 392 g/mol. The summed E-state index contributed by atoms with van der Waals surface area (Å²) in [6.07, 6.45) is 0. The third-order valence-electron chi connectivity index (χ3n) is 4.96. The van der Waals surface area contributed by atoms with E-state index in [1.807, 2.05) is 43.3 Å². The first-order chi connectivity index (χ1) is 13.6. The van der Waals surface area contributed by atoms with Crippen molar-refractivity contribution in [3.63, 3.8) is 0 Å². The average Bonchev–Trinajstić information content (AvgIpc) is 3.24. The fourth-order valence-electron chi connectivity index (χ4n) is 3.30. The minimum absolute atomic E-state index is 0.0238. The molecule has 0 radical (unpaired) electrons. The number of carbonyl (C=O) groups excluding carboxylic acids is 1. The van der Waals surface area contributed by atoms with Crippen molar-refractivity contribution < 1.29 is 9.53 Å². The van der Waals surface area contributed by atoms with Gasteiger partial charge in [-0.25, -0.2) is 9.97 Å². The Labute approximate surface area is 169 Å². The molecule has 142 valence electrons. The molecule has 1 aliphatic rings. The Morgan fingerprint density at radius 2 is 2.04 bits per heavy atom. The minimum Gasteiger partial charge on any atom is -0.497 e. The Morgan fingerprint density at radius 3 is 2.82 bits per heavy atom. The molecule has 1 N–H and O–H groups in total. The van der Waals surface area contributed by atoms with Gasteiger partial charge in [0.05, 0.1) is 33.5 Å². The van der Waals surface area contributed by atoms with Crippen LogP contribution in [0, 0.1) is 12.8 Å². The number of thiazole rings is 2. The van der Waals surface area contributed by atoms with Gasteiger partial charge in [-0.3, -0.25) is 4.79 Å². The number of methoxy groups -OCH3 is 1. The monoisotopic (exact) mass is 410 g/mol. The SMILES string of the molecule is COc1ccc2nc(N3CC(C(=O)Nc4nc5c(C)cccc5s4)C3)sc2c1. The minimum atomic E-state index is -0.0466. The molecule has 6 nitrogen and oxygen atoms in total. The molecule has 8 heteroatoms. The summed E-state index contributed by atoms with van der Waals surface area (Å²) in [5.74, 6) is 0.806. The maximum absolute atomic E-state index is 12.6. The molecule has 4 aromatic rings. The first-order valence-corrected chi connectivity index (χ1v) is 10.6. The van der Waals surface area contributed by atoms with Gasteiger partial charge in [0.25, 0.3) is 0 Å². The summed E-state index contributed by atoms with van der Waals surface area (Å²) < 4.78 is 7.46. The Bertz CT molecular complexity index is 1190. The van der Waals surface area contributed by atoms with Crippen molar-refractivity contribution in [2.24, 2.45) is 5.92 Å². The third-order valence-corrected chi connectivity index (χ3v) is 6.97. The number of anilines is 2. The Kier molecular flexibility index (Phi) is 4.17. The van der Waals surface area contributed by atoms with Crippen molar-refractivity contribution in [1.29, 1.82) is 0 Å². The summed E-state index contributed by atoms with van der Waals surface area (Å²) in [6.45, 7) is 3.38. The number of fused-ring (bicyclic) bond motifs is 2. The number of nitrogens with one attached hydrogen (secondary N) is 1. The van der Waals surface area contributed by atoms with Crippen LogP contribution in [0.15, 0.2) is 36.4 Å². The number of benzene rings is 2. The van der Waals surface area contributed by atoms with Crippen LogP contribution in [0.5, 0.6) is 5.75 Å². The first kappa shape index (κ1) is 17.4. The van der Waals surface area contributed by atoms with Crippen molar-refractivity contribution in [1.82, 2.24) is 9.97 Å². The van der Waals surface area contributed by atoms with Gasteiger partial charge in [-0.15, -0.1) is 0 Å². The maximum Gasteiger partial charge on any atom is 0.232 e. The molecule has 0 spiro atoms. The standard InChI is InChI=1S/C20H18N4O2S2/c1-11-4-3-5-15-17(11)22-19(27-15)23-18(25)12-9-24(10-12)20-21-14-7-6-13(26-2)8-16(14)28-20/h3-8,12H,9-10H2,1-2H3,(H,22,23,25). The zero-order chi connectivity index (χ0) is 19.3. The van der Waals surface area contributed by atoms with Crippen LogP contribution in [0.3, 0.4) is 0 Å². The molecule has 2 aromatic carbocycles. The molecular formula is C20H18N4O2S2. The third kappa shape index (κ3) is 2.98. The zero-order valence-electron chi connectivity index (χ0n) is 15.4. The van der Waals surface area contributed by atoms with E-state index in [4.69, 9.17) is 4.74 Å². The van der Waals surface area contributed by atoms with E-state index in [0.29, 0.717) is 18.2 Å². The van der Waals surface area contributed by atoms with E-state index in [0.717, 1.165) is 36.9 Å². The lowest BCUT2D eigenvalue weighted by atomic mass is 10.0. The highest BCUT2D eigenvalue weighted by atomic mass is 32.1. The Balaban J connectivity index is 1.25. The van der Waals surface area contributed by atoms with Crippen molar-refractivity contribution in [3.05, 3.63) is 42.0 Å². The molecule has 28 heavy (non-hydrogen) atoms. The molecule has 0 saturated carbocycles. The highest BCUT2D eigenvalue weighted by Gasteiger charge is 2.34. The number of rotatable bonds is 4. The summed E-state index contributed by atoms with van der Waals surface area (Å²) in [7, 11) is 1.66. The van der Waals surface area contributed by atoms with Gasteiger partial charge >= 0.3 is 0 Å². The molecule has 1 saturated heterocycles. The summed E-state index contributed by atoms with van der Waals surface area (Å²) in [6, 6.07) is 12.0. The number of amides is 1. The topological polar surface area (TPSA) is 67.3 Å². The quantitative estimate of drug-likeness (QED) is 0.543. The predicted octanol–water partition coefficient (Wildman–Crippen LogP) is 4.30. The van der Waals surface area contributed by atoms with Crippen molar-refractivity contribution in [3.8, 4) is 5.75 Å². The number of aryl methyl sites for hydroxylation is 1. The van der Waals surface area contributed by atoms with Gasteiger partial charge in [0.15, 0.2) is 10.3 Å². The van der Waals surface area contributed by atoms with Crippen molar-refractivity contribution in [2.45, 2.75) is 6.92 Å². The molecule has 0 unspecified atom stereocenters. The van der Waals surface area contributed by atoms with E-state index in [2.05, 4.69) is 20.2 Å². The van der Waals surface area contributed by atoms with Crippen LogP contribution >= 0.6 is 22.7 Å². The zero-order valence-corrected chi connectivity index (χ0v) is 17.1. The molecule has 5 rings (SSSR count). The number of carbonyl (C=O) groups is 1. The van der Waals surface area contributed by atoms with Gasteiger partial charge in [-0.1, -0.05) is 34.8 Å². The number of aromatic nitrogens is 2. The van der Waals surface area contributed by atoms with E-state index in [9.17, 15) is 4.79 Å². The smallest absolute Gasteiger partial charge is 0.232 e. The van der Waals surface area contributed by atoms with Crippen LogP contribution in [0.1, 0.15) is 5.56 Å². The molecule has 3 heterocycles. The van der Waals surface area contributed by atoms with E-state index >= 15 is 0 Å². The number of para-hydroxylation sites is 1. The molecule has 2 aromatic heterocycles. The fourth-order valence-corrected chi connectivity index (χ4v) is 5.26. The molecule has 0 atom stereocenters. The van der Waals surface area contributed by atoms with Crippen LogP contribution in [-0.2, 0) is 4.79 Å². The summed E-state index contributed by atoms with van der Waals surface area (Å²) in [5.41, 5.74) is 3.04. The Morgan fingerprint density at radius 1 is 1.18 bits per heavy atom. The summed E-state index contributed by atoms with van der Waals surface area (Å²) in [5, 5.41) is 4.60. The van der Waals surface area contributed by atoms with Gasteiger partial charge < -0.3 is 15.0 Å². The van der Waals surface area contributed by atoms with Crippen LogP contribution in [-0.4, -0.2) is 36.1 Å². The van der Waals surface area contributed by atoms with Gasteiger partial charge in [-0.05, 0) is 36.8 Å². The Hall–Kier alpha value is -2.71. The lowest BCUT2D eigenvalue weighted by Crippen LogP contribution is -2.52. The predicted molar refractivity (Wildman–Crippen MR) is 115 cm³/mol.